The Morgan fingerprint density at radius 3 is 2.84 bits per heavy atom. The molecule has 0 aromatic heterocycles. The molecule has 2 atom stereocenters. The fraction of sp³-hybridized carbons (Fsp3) is 0.462. The van der Waals surface area contributed by atoms with Crippen LogP contribution in [0.4, 0.5) is 4.39 Å². The highest BCUT2D eigenvalue weighted by atomic mass is 127. The maximum Gasteiger partial charge on any atom is 0.252 e. The first-order valence-electron chi connectivity index (χ1n) is 6.08. The van der Waals surface area contributed by atoms with Gasteiger partial charge in [-0.1, -0.05) is 6.42 Å². The summed E-state index contributed by atoms with van der Waals surface area (Å²) in [6.07, 6.45) is 3.15. The van der Waals surface area contributed by atoms with E-state index in [9.17, 15) is 9.18 Å². The van der Waals surface area contributed by atoms with Gasteiger partial charge in [0.1, 0.15) is 5.82 Å². The van der Waals surface area contributed by atoms with Crippen molar-refractivity contribution in [2.24, 2.45) is 11.7 Å². The molecule has 0 aliphatic heterocycles. The van der Waals surface area contributed by atoms with Gasteiger partial charge in [-0.25, -0.2) is 4.39 Å². The molecule has 3 nitrogen and oxygen atoms in total. The second-order valence-electron chi connectivity index (χ2n) is 4.63. The number of nitrogens with two attached hydrogens (primary N) is 1. The summed E-state index contributed by atoms with van der Waals surface area (Å²) in [5, 5.41) is 3.01. The zero-order valence-electron chi connectivity index (χ0n) is 10.4. The Morgan fingerprint density at radius 2 is 2.21 bits per heavy atom. The smallest absolute Gasteiger partial charge is 0.252 e. The first-order valence-corrected chi connectivity index (χ1v) is 7.15. The van der Waals surface area contributed by atoms with E-state index in [0.717, 1.165) is 19.3 Å². The summed E-state index contributed by atoms with van der Waals surface area (Å²) in [5.74, 6) is -0.0894. The Kier molecular flexibility index (Phi) is 6.49. The van der Waals surface area contributed by atoms with E-state index in [1.165, 1.54) is 18.2 Å². The number of benzene rings is 1. The number of hydrogen-bond acceptors (Lipinski definition) is 2. The average molecular weight is 399 g/mol. The number of carbonyl (C=O) groups excluding carboxylic acids is 1. The van der Waals surface area contributed by atoms with Gasteiger partial charge in [-0.15, -0.1) is 12.4 Å². The van der Waals surface area contributed by atoms with Crippen LogP contribution in [0.3, 0.4) is 0 Å². The fourth-order valence-corrected chi connectivity index (χ4v) is 3.15. The lowest BCUT2D eigenvalue weighted by atomic mass is 10.0. The molecule has 1 aliphatic carbocycles. The third-order valence-corrected chi connectivity index (χ3v) is 4.35. The molecule has 0 heterocycles. The Bertz CT molecular complexity index is 458. The standard InChI is InChI=1S/C13H16FIN2O.ClH/c14-9-4-5-10(11(15)6-9)13(18)17-12-3-1-2-8(12)7-16;/h4-6,8,12H,1-3,7,16H2,(H,17,18);1H. The van der Waals surface area contributed by atoms with E-state index in [1.54, 1.807) is 0 Å². The normalized spacial score (nSPS) is 21.8. The van der Waals surface area contributed by atoms with Gasteiger partial charge in [0.25, 0.3) is 5.91 Å². The zero-order chi connectivity index (χ0) is 13.1. The fourth-order valence-electron chi connectivity index (χ4n) is 2.43. The van der Waals surface area contributed by atoms with Crippen LogP contribution in [-0.2, 0) is 0 Å². The molecule has 1 saturated carbocycles. The van der Waals surface area contributed by atoms with Crippen molar-refractivity contribution in [2.45, 2.75) is 25.3 Å². The third kappa shape index (κ3) is 4.03. The van der Waals surface area contributed by atoms with Crippen LogP contribution in [0, 0.1) is 15.3 Å². The summed E-state index contributed by atoms with van der Waals surface area (Å²) in [6, 6.07) is 4.36. The van der Waals surface area contributed by atoms with Gasteiger partial charge in [0.15, 0.2) is 0 Å². The second kappa shape index (κ2) is 7.40. The maximum absolute atomic E-state index is 13.0. The summed E-state index contributed by atoms with van der Waals surface area (Å²) in [7, 11) is 0. The van der Waals surface area contributed by atoms with Crippen LogP contribution in [0.25, 0.3) is 0 Å². The summed E-state index contributed by atoms with van der Waals surface area (Å²) in [5.41, 5.74) is 6.21. The molecule has 106 valence electrons. The van der Waals surface area contributed by atoms with Gasteiger partial charge < -0.3 is 11.1 Å². The molecular weight excluding hydrogens is 382 g/mol. The van der Waals surface area contributed by atoms with E-state index in [1.807, 2.05) is 22.6 Å². The largest absolute Gasteiger partial charge is 0.349 e. The summed E-state index contributed by atoms with van der Waals surface area (Å²) in [6.45, 7) is 0.603. The van der Waals surface area contributed by atoms with Gasteiger partial charge in [0, 0.05) is 9.61 Å². The van der Waals surface area contributed by atoms with Crippen LogP contribution in [0.5, 0.6) is 0 Å². The number of nitrogens with one attached hydrogen (secondary N) is 1. The monoisotopic (exact) mass is 398 g/mol. The highest BCUT2D eigenvalue weighted by Gasteiger charge is 2.27. The summed E-state index contributed by atoms with van der Waals surface area (Å²) < 4.78 is 13.6. The van der Waals surface area contributed by atoms with Crippen LogP contribution < -0.4 is 11.1 Å². The van der Waals surface area contributed by atoms with Crippen molar-refractivity contribution < 1.29 is 9.18 Å². The predicted molar refractivity (Wildman–Crippen MR) is 84.0 cm³/mol. The quantitative estimate of drug-likeness (QED) is 0.769. The zero-order valence-corrected chi connectivity index (χ0v) is 13.3. The Hall–Kier alpha value is -0.400. The van der Waals surface area contributed by atoms with Crippen molar-refractivity contribution in [3.8, 4) is 0 Å². The predicted octanol–water partition coefficient (Wildman–Crippen LogP) is 2.71. The number of rotatable bonds is 3. The molecule has 2 unspecified atom stereocenters. The molecule has 1 fully saturated rings. The topological polar surface area (TPSA) is 55.1 Å². The lowest BCUT2D eigenvalue weighted by molar-refractivity contribution is 0.0928. The SMILES string of the molecule is Cl.NCC1CCCC1NC(=O)c1ccc(F)cc1I. The molecule has 0 saturated heterocycles. The van der Waals surface area contributed by atoms with Crippen molar-refractivity contribution in [2.75, 3.05) is 6.54 Å². The highest BCUT2D eigenvalue weighted by Crippen LogP contribution is 2.25. The minimum Gasteiger partial charge on any atom is -0.349 e. The molecule has 2 rings (SSSR count). The lowest BCUT2D eigenvalue weighted by Crippen LogP contribution is -2.40. The Morgan fingerprint density at radius 1 is 1.47 bits per heavy atom. The van der Waals surface area contributed by atoms with Gasteiger partial charge in [0.2, 0.25) is 0 Å². The minimum absolute atomic E-state index is 0. The van der Waals surface area contributed by atoms with Gasteiger partial charge in [0.05, 0.1) is 5.56 Å². The number of halogens is 3. The number of amides is 1. The maximum atomic E-state index is 13.0. The Balaban J connectivity index is 0.00000180. The van der Waals surface area contributed by atoms with Crippen molar-refractivity contribution >= 4 is 40.9 Å². The van der Waals surface area contributed by atoms with Crippen LogP contribution in [-0.4, -0.2) is 18.5 Å². The van der Waals surface area contributed by atoms with Crippen molar-refractivity contribution in [1.82, 2.24) is 5.32 Å². The van der Waals surface area contributed by atoms with Crippen LogP contribution in [0.15, 0.2) is 18.2 Å². The van der Waals surface area contributed by atoms with Gasteiger partial charge in [-0.2, -0.15) is 0 Å². The summed E-state index contributed by atoms with van der Waals surface area (Å²) >= 11 is 1.98. The van der Waals surface area contributed by atoms with Crippen LogP contribution in [0.2, 0.25) is 0 Å². The van der Waals surface area contributed by atoms with E-state index < -0.39 is 0 Å². The molecule has 0 bridgehead atoms. The lowest BCUT2D eigenvalue weighted by Gasteiger charge is -2.19. The molecule has 6 heteroatoms. The van der Waals surface area contributed by atoms with E-state index in [-0.39, 0.29) is 30.2 Å². The van der Waals surface area contributed by atoms with E-state index in [0.29, 0.717) is 21.6 Å². The van der Waals surface area contributed by atoms with Gasteiger partial charge in [-0.05, 0) is 66.1 Å². The van der Waals surface area contributed by atoms with Crippen molar-refractivity contribution in [3.63, 3.8) is 0 Å². The van der Waals surface area contributed by atoms with Crippen molar-refractivity contribution in [3.05, 3.63) is 33.1 Å². The number of carbonyl (C=O) groups is 1. The second-order valence-corrected chi connectivity index (χ2v) is 5.79. The highest BCUT2D eigenvalue weighted by molar-refractivity contribution is 14.1. The molecule has 3 N–H and O–H groups in total. The Labute approximate surface area is 132 Å². The van der Waals surface area contributed by atoms with E-state index in [4.69, 9.17) is 5.73 Å². The van der Waals surface area contributed by atoms with E-state index >= 15 is 0 Å². The molecule has 0 spiro atoms. The molecule has 19 heavy (non-hydrogen) atoms. The summed E-state index contributed by atoms with van der Waals surface area (Å²) in [4.78, 5) is 12.1. The van der Waals surface area contributed by atoms with Gasteiger partial charge >= 0.3 is 0 Å². The first-order chi connectivity index (χ1) is 8.61. The molecule has 0 radical (unpaired) electrons. The minimum atomic E-state index is -0.323. The molecule has 1 aromatic rings. The van der Waals surface area contributed by atoms with Crippen LogP contribution >= 0.6 is 35.0 Å². The third-order valence-electron chi connectivity index (χ3n) is 3.45. The molecule has 1 amide bonds. The molecule has 1 aromatic carbocycles. The number of hydrogen-bond donors (Lipinski definition) is 2. The molecule has 1 aliphatic rings. The van der Waals surface area contributed by atoms with Crippen molar-refractivity contribution in [1.29, 1.82) is 0 Å². The van der Waals surface area contributed by atoms with Crippen LogP contribution in [0.1, 0.15) is 29.6 Å². The molecular formula is C13H17ClFIN2O. The first kappa shape index (κ1) is 16.7. The van der Waals surface area contributed by atoms with E-state index in [2.05, 4.69) is 5.32 Å². The van der Waals surface area contributed by atoms with Gasteiger partial charge in [-0.3, -0.25) is 4.79 Å². The average Bonchev–Trinajstić information content (AvgIpc) is 2.76.